The van der Waals surface area contributed by atoms with E-state index < -0.39 is 0 Å². The molecule has 0 aromatic heterocycles. The molecule has 2 aromatic carbocycles. The number of halogens is 1. The van der Waals surface area contributed by atoms with Crippen LogP contribution in [0.15, 0.2) is 42.5 Å². The molecule has 0 aliphatic rings. The standard InChI is InChI=1S/C18H14BrN3O2/c19-10-16-6-3-14(12-21)9-17(16)24-8-7-22-18(23)15-4-1-13(11-20)2-5-15/h1-6,9H,7-8,10H2,(H,22,23). The number of nitrogens with one attached hydrogen (secondary N) is 1. The first-order valence-electron chi connectivity index (χ1n) is 7.18. The molecule has 0 saturated heterocycles. The highest BCUT2D eigenvalue weighted by Crippen LogP contribution is 2.22. The van der Waals surface area contributed by atoms with Gasteiger partial charge in [-0.2, -0.15) is 10.5 Å². The molecule has 0 radical (unpaired) electrons. The van der Waals surface area contributed by atoms with Crippen molar-refractivity contribution in [2.24, 2.45) is 0 Å². The second-order valence-corrected chi connectivity index (χ2v) is 5.42. The minimum Gasteiger partial charge on any atom is -0.491 e. The van der Waals surface area contributed by atoms with Crippen LogP contribution in [0.4, 0.5) is 0 Å². The Kier molecular flexibility index (Phi) is 6.36. The van der Waals surface area contributed by atoms with Gasteiger partial charge in [-0.1, -0.05) is 22.0 Å². The van der Waals surface area contributed by atoms with Crippen molar-refractivity contribution in [1.82, 2.24) is 5.32 Å². The van der Waals surface area contributed by atoms with E-state index in [2.05, 4.69) is 27.3 Å². The molecule has 0 heterocycles. The highest BCUT2D eigenvalue weighted by atomic mass is 79.9. The Labute approximate surface area is 148 Å². The number of hydrogen-bond acceptors (Lipinski definition) is 4. The number of carbonyl (C=O) groups is 1. The first-order valence-corrected chi connectivity index (χ1v) is 8.30. The van der Waals surface area contributed by atoms with Crippen molar-refractivity contribution < 1.29 is 9.53 Å². The summed E-state index contributed by atoms with van der Waals surface area (Å²) in [6, 6.07) is 15.7. The number of rotatable bonds is 6. The van der Waals surface area contributed by atoms with E-state index in [0.717, 1.165) is 5.56 Å². The molecule has 1 N–H and O–H groups in total. The first kappa shape index (κ1) is 17.5. The van der Waals surface area contributed by atoms with E-state index in [4.69, 9.17) is 15.3 Å². The zero-order chi connectivity index (χ0) is 17.4. The van der Waals surface area contributed by atoms with Gasteiger partial charge in [0.2, 0.25) is 0 Å². The van der Waals surface area contributed by atoms with Crippen molar-refractivity contribution in [2.75, 3.05) is 13.2 Å². The van der Waals surface area contributed by atoms with Crippen LogP contribution in [0.2, 0.25) is 0 Å². The summed E-state index contributed by atoms with van der Waals surface area (Å²) in [4.78, 5) is 12.0. The van der Waals surface area contributed by atoms with Crippen LogP contribution in [0.5, 0.6) is 5.75 Å². The van der Waals surface area contributed by atoms with Crippen molar-refractivity contribution in [2.45, 2.75) is 5.33 Å². The zero-order valence-electron chi connectivity index (χ0n) is 12.8. The summed E-state index contributed by atoms with van der Waals surface area (Å²) >= 11 is 3.37. The third kappa shape index (κ3) is 4.58. The number of nitriles is 2. The SMILES string of the molecule is N#Cc1ccc(C(=O)NCCOc2cc(C#N)ccc2CBr)cc1. The van der Waals surface area contributed by atoms with E-state index in [1.54, 1.807) is 36.4 Å². The Morgan fingerprint density at radius 2 is 1.75 bits per heavy atom. The molecule has 120 valence electrons. The lowest BCUT2D eigenvalue weighted by molar-refractivity contribution is 0.0947. The van der Waals surface area contributed by atoms with Crippen LogP contribution in [0.25, 0.3) is 0 Å². The van der Waals surface area contributed by atoms with Crippen LogP contribution in [-0.4, -0.2) is 19.1 Å². The molecule has 0 saturated carbocycles. The lowest BCUT2D eigenvalue weighted by Gasteiger charge is -2.11. The molecule has 0 aliphatic carbocycles. The molecule has 0 unspecified atom stereocenters. The predicted molar refractivity (Wildman–Crippen MR) is 92.8 cm³/mol. The van der Waals surface area contributed by atoms with Gasteiger partial charge in [-0.15, -0.1) is 0 Å². The molecule has 0 atom stereocenters. The predicted octanol–water partition coefficient (Wildman–Crippen LogP) is 3.13. The minimum absolute atomic E-state index is 0.227. The Balaban J connectivity index is 1.87. The number of hydrogen-bond donors (Lipinski definition) is 1. The van der Waals surface area contributed by atoms with E-state index in [1.165, 1.54) is 0 Å². The molecule has 6 heteroatoms. The molecule has 5 nitrogen and oxygen atoms in total. The summed E-state index contributed by atoms with van der Waals surface area (Å²) in [6.07, 6.45) is 0. The lowest BCUT2D eigenvalue weighted by Crippen LogP contribution is -2.28. The number of alkyl halides is 1. The van der Waals surface area contributed by atoms with Gasteiger partial charge in [-0.25, -0.2) is 0 Å². The average molecular weight is 384 g/mol. The number of ether oxygens (including phenoxy) is 1. The second kappa shape index (κ2) is 8.71. The maximum atomic E-state index is 12.0. The van der Waals surface area contributed by atoms with E-state index in [1.807, 2.05) is 12.1 Å². The van der Waals surface area contributed by atoms with Crippen molar-refractivity contribution in [1.29, 1.82) is 10.5 Å². The molecule has 0 aliphatic heterocycles. The molecule has 2 rings (SSSR count). The van der Waals surface area contributed by atoms with Gasteiger partial charge in [0.25, 0.3) is 5.91 Å². The summed E-state index contributed by atoms with van der Waals surface area (Å²) in [7, 11) is 0. The topological polar surface area (TPSA) is 85.9 Å². The van der Waals surface area contributed by atoms with Crippen LogP contribution in [-0.2, 0) is 5.33 Å². The Bertz CT molecular complexity index is 804. The smallest absolute Gasteiger partial charge is 0.251 e. The van der Waals surface area contributed by atoms with Gasteiger partial charge in [0.15, 0.2) is 0 Å². The molecule has 0 fully saturated rings. The number of nitrogens with zero attached hydrogens (tertiary/aromatic N) is 2. The number of benzene rings is 2. The van der Waals surface area contributed by atoms with Gasteiger partial charge in [0.05, 0.1) is 29.8 Å². The maximum Gasteiger partial charge on any atom is 0.251 e. The van der Waals surface area contributed by atoms with Gasteiger partial charge < -0.3 is 10.1 Å². The van der Waals surface area contributed by atoms with Gasteiger partial charge in [0.1, 0.15) is 12.4 Å². The maximum absolute atomic E-state index is 12.0. The van der Waals surface area contributed by atoms with Crippen molar-refractivity contribution in [3.63, 3.8) is 0 Å². The molecule has 2 aromatic rings. The van der Waals surface area contributed by atoms with Gasteiger partial charge in [0, 0.05) is 16.5 Å². The summed E-state index contributed by atoms with van der Waals surface area (Å²) in [5.41, 5.74) is 2.46. The monoisotopic (exact) mass is 383 g/mol. The zero-order valence-corrected chi connectivity index (χ0v) is 14.3. The average Bonchev–Trinajstić information content (AvgIpc) is 2.64. The normalized spacial score (nSPS) is 9.62. The molecule has 0 bridgehead atoms. The second-order valence-electron chi connectivity index (χ2n) is 4.86. The van der Waals surface area contributed by atoms with E-state index in [9.17, 15) is 4.79 Å². The van der Waals surface area contributed by atoms with Crippen LogP contribution >= 0.6 is 15.9 Å². The summed E-state index contributed by atoms with van der Waals surface area (Å²) in [5, 5.41) is 21.0. The highest BCUT2D eigenvalue weighted by molar-refractivity contribution is 9.08. The van der Waals surface area contributed by atoms with Gasteiger partial charge in [-0.05, 0) is 36.4 Å². The molecule has 24 heavy (non-hydrogen) atoms. The van der Waals surface area contributed by atoms with E-state index >= 15 is 0 Å². The summed E-state index contributed by atoms with van der Waals surface area (Å²) in [5.74, 6) is 0.396. The van der Waals surface area contributed by atoms with Crippen molar-refractivity contribution >= 4 is 21.8 Å². The third-order valence-electron chi connectivity index (χ3n) is 3.26. The first-order chi connectivity index (χ1) is 11.7. The van der Waals surface area contributed by atoms with Crippen LogP contribution in [0, 0.1) is 22.7 Å². The summed E-state index contributed by atoms with van der Waals surface area (Å²) in [6.45, 7) is 0.619. The summed E-state index contributed by atoms with van der Waals surface area (Å²) < 4.78 is 5.65. The van der Waals surface area contributed by atoms with E-state index in [-0.39, 0.29) is 12.5 Å². The molecular formula is C18H14BrN3O2. The van der Waals surface area contributed by atoms with Crippen molar-refractivity contribution in [3.05, 3.63) is 64.7 Å². The molecular weight excluding hydrogens is 370 g/mol. The Hall–Kier alpha value is -2.83. The van der Waals surface area contributed by atoms with Crippen molar-refractivity contribution in [3.8, 4) is 17.9 Å². The quantitative estimate of drug-likeness (QED) is 0.613. The fourth-order valence-electron chi connectivity index (χ4n) is 1.99. The van der Waals surface area contributed by atoms with Crippen LogP contribution < -0.4 is 10.1 Å². The Morgan fingerprint density at radius 3 is 2.38 bits per heavy atom. The van der Waals surface area contributed by atoms with Gasteiger partial charge in [-0.3, -0.25) is 4.79 Å². The highest BCUT2D eigenvalue weighted by Gasteiger charge is 2.07. The molecule has 0 spiro atoms. The minimum atomic E-state index is -0.227. The lowest BCUT2D eigenvalue weighted by atomic mass is 10.1. The largest absolute Gasteiger partial charge is 0.491 e. The fraction of sp³-hybridized carbons (Fsp3) is 0.167. The third-order valence-corrected chi connectivity index (χ3v) is 3.87. The van der Waals surface area contributed by atoms with Crippen LogP contribution in [0.3, 0.4) is 0 Å². The van der Waals surface area contributed by atoms with Gasteiger partial charge >= 0.3 is 0 Å². The Morgan fingerprint density at radius 1 is 1.08 bits per heavy atom. The van der Waals surface area contributed by atoms with E-state index in [0.29, 0.717) is 34.3 Å². The molecule has 1 amide bonds. The van der Waals surface area contributed by atoms with Crippen LogP contribution in [0.1, 0.15) is 27.0 Å². The number of carbonyl (C=O) groups excluding carboxylic acids is 1. The fourth-order valence-corrected chi connectivity index (χ4v) is 2.46. The number of amides is 1.